The van der Waals surface area contributed by atoms with Crippen LogP contribution in [0.1, 0.15) is 19.3 Å². The minimum absolute atomic E-state index is 0.476. The minimum atomic E-state index is 0.476. The van der Waals surface area contributed by atoms with Gasteiger partial charge >= 0.3 is 0 Å². The van der Waals surface area contributed by atoms with E-state index in [9.17, 15) is 0 Å². The van der Waals surface area contributed by atoms with Crippen LogP contribution < -0.4 is 5.32 Å². The normalized spacial score (nSPS) is 34.5. The first kappa shape index (κ1) is 9.50. The van der Waals surface area contributed by atoms with Crippen molar-refractivity contribution in [1.29, 1.82) is 0 Å². The van der Waals surface area contributed by atoms with Gasteiger partial charge in [0.25, 0.3) is 0 Å². The quantitative estimate of drug-likeness (QED) is 0.750. The van der Waals surface area contributed by atoms with E-state index in [1.807, 2.05) is 6.08 Å². The lowest BCUT2D eigenvalue weighted by molar-refractivity contribution is 0.0818. The zero-order valence-corrected chi connectivity index (χ0v) is 8.46. The molecule has 1 heterocycles. The van der Waals surface area contributed by atoms with Gasteiger partial charge in [0, 0.05) is 24.7 Å². The number of rotatable bonds is 4. The molecule has 2 nitrogen and oxygen atoms in total. The largest absolute Gasteiger partial charge is 0.376 e. The van der Waals surface area contributed by atoms with Crippen LogP contribution in [0.3, 0.4) is 0 Å². The predicted octanol–water partition coefficient (Wildman–Crippen LogP) is 1.90. The SMILES string of the molecule is Cl/C=C/CNC1CCOC1C1CC1. The van der Waals surface area contributed by atoms with Gasteiger partial charge in [0.1, 0.15) is 0 Å². The van der Waals surface area contributed by atoms with E-state index in [-0.39, 0.29) is 0 Å². The molecular weight excluding hydrogens is 186 g/mol. The van der Waals surface area contributed by atoms with E-state index in [1.165, 1.54) is 12.8 Å². The highest BCUT2D eigenvalue weighted by Crippen LogP contribution is 2.38. The average molecular weight is 202 g/mol. The van der Waals surface area contributed by atoms with Gasteiger partial charge in [0.15, 0.2) is 0 Å². The van der Waals surface area contributed by atoms with Crippen molar-refractivity contribution in [3.8, 4) is 0 Å². The lowest BCUT2D eigenvalue weighted by Gasteiger charge is -2.18. The molecule has 0 aromatic carbocycles. The van der Waals surface area contributed by atoms with Crippen LogP contribution in [-0.4, -0.2) is 25.3 Å². The van der Waals surface area contributed by atoms with Crippen LogP contribution in [0.5, 0.6) is 0 Å². The molecule has 2 aliphatic rings. The lowest BCUT2D eigenvalue weighted by atomic mass is 10.1. The van der Waals surface area contributed by atoms with Gasteiger partial charge in [-0.3, -0.25) is 0 Å². The van der Waals surface area contributed by atoms with Gasteiger partial charge in [0.05, 0.1) is 6.10 Å². The Labute approximate surface area is 84.3 Å². The average Bonchev–Trinajstić information content (AvgIpc) is 2.88. The summed E-state index contributed by atoms with van der Waals surface area (Å²) in [7, 11) is 0. The summed E-state index contributed by atoms with van der Waals surface area (Å²) >= 11 is 5.45. The highest BCUT2D eigenvalue weighted by Gasteiger charge is 2.40. The maximum atomic E-state index is 5.70. The van der Waals surface area contributed by atoms with Crippen molar-refractivity contribution in [3.05, 3.63) is 11.6 Å². The van der Waals surface area contributed by atoms with Crippen molar-refractivity contribution in [2.45, 2.75) is 31.4 Å². The van der Waals surface area contributed by atoms with Crippen LogP contribution in [0.2, 0.25) is 0 Å². The van der Waals surface area contributed by atoms with E-state index in [0.717, 1.165) is 25.5 Å². The first-order valence-corrected chi connectivity index (χ1v) is 5.45. The fourth-order valence-electron chi connectivity index (χ4n) is 1.98. The molecule has 74 valence electrons. The molecule has 2 unspecified atom stereocenters. The Morgan fingerprint density at radius 1 is 1.38 bits per heavy atom. The number of hydrogen-bond acceptors (Lipinski definition) is 2. The summed E-state index contributed by atoms with van der Waals surface area (Å²) in [6.07, 6.45) is 6.27. The predicted molar refractivity (Wildman–Crippen MR) is 53.9 cm³/mol. The maximum absolute atomic E-state index is 5.70. The number of ether oxygens (including phenoxy) is 1. The molecule has 0 aromatic heterocycles. The summed E-state index contributed by atoms with van der Waals surface area (Å²) in [5.74, 6) is 0.833. The fourth-order valence-corrected chi connectivity index (χ4v) is 2.07. The minimum Gasteiger partial charge on any atom is -0.376 e. The zero-order chi connectivity index (χ0) is 9.10. The molecule has 1 saturated heterocycles. The highest BCUT2D eigenvalue weighted by atomic mass is 35.5. The van der Waals surface area contributed by atoms with Gasteiger partial charge in [-0.05, 0) is 25.2 Å². The second-order valence-corrected chi connectivity index (χ2v) is 4.09. The Balaban J connectivity index is 1.76. The monoisotopic (exact) mass is 201 g/mol. The molecule has 0 radical (unpaired) electrons. The van der Waals surface area contributed by atoms with Gasteiger partial charge in [0.2, 0.25) is 0 Å². The van der Waals surface area contributed by atoms with E-state index in [2.05, 4.69) is 5.32 Å². The Bertz CT molecular complexity index is 191. The zero-order valence-electron chi connectivity index (χ0n) is 7.71. The van der Waals surface area contributed by atoms with Crippen LogP contribution in [0.15, 0.2) is 11.6 Å². The van der Waals surface area contributed by atoms with Crippen molar-refractivity contribution in [2.75, 3.05) is 13.2 Å². The molecule has 2 fully saturated rings. The first-order chi connectivity index (χ1) is 6.42. The van der Waals surface area contributed by atoms with E-state index < -0.39 is 0 Å². The fraction of sp³-hybridized carbons (Fsp3) is 0.800. The van der Waals surface area contributed by atoms with E-state index in [0.29, 0.717) is 12.1 Å². The van der Waals surface area contributed by atoms with E-state index in [4.69, 9.17) is 16.3 Å². The van der Waals surface area contributed by atoms with Gasteiger partial charge in [-0.2, -0.15) is 0 Å². The van der Waals surface area contributed by atoms with Crippen LogP contribution in [0.4, 0.5) is 0 Å². The van der Waals surface area contributed by atoms with Gasteiger partial charge < -0.3 is 10.1 Å². The maximum Gasteiger partial charge on any atom is 0.0757 e. The number of nitrogens with one attached hydrogen (secondary N) is 1. The Morgan fingerprint density at radius 2 is 2.23 bits per heavy atom. The van der Waals surface area contributed by atoms with Gasteiger partial charge in [-0.1, -0.05) is 17.7 Å². The summed E-state index contributed by atoms with van der Waals surface area (Å²) in [6, 6.07) is 0.556. The summed E-state index contributed by atoms with van der Waals surface area (Å²) in [6.45, 7) is 1.78. The Kier molecular flexibility index (Phi) is 3.25. The molecule has 13 heavy (non-hydrogen) atoms. The van der Waals surface area contributed by atoms with Crippen LogP contribution in [-0.2, 0) is 4.74 Å². The topological polar surface area (TPSA) is 21.3 Å². The number of halogens is 1. The van der Waals surface area contributed by atoms with Crippen molar-refractivity contribution < 1.29 is 4.74 Å². The second kappa shape index (κ2) is 4.45. The van der Waals surface area contributed by atoms with Crippen LogP contribution in [0.25, 0.3) is 0 Å². The molecule has 0 spiro atoms. The summed E-state index contributed by atoms with van der Waals surface area (Å²) in [4.78, 5) is 0. The van der Waals surface area contributed by atoms with Crippen molar-refractivity contribution in [3.63, 3.8) is 0 Å². The van der Waals surface area contributed by atoms with Crippen molar-refractivity contribution in [2.24, 2.45) is 5.92 Å². The number of hydrogen-bond donors (Lipinski definition) is 1. The molecule has 1 saturated carbocycles. The van der Waals surface area contributed by atoms with Crippen molar-refractivity contribution >= 4 is 11.6 Å². The molecular formula is C10H16ClNO. The molecule has 0 aromatic rings. The Morgan fingerprint density at radius 3 is 2.92 bits per heavy atom. The molecule has 2 atom stereocenters. The van der Waals surface area contributed by atoms with Crippen LogP contribution in [0, 0.1) is 5.92 Å². The third-order valence-corrected chi connectivity index (χ3v) is 2.99. The molecule has 2 rings (SSSR count). The van der Waals surface area contributed by atoms with E-state index in [1.54, 1.807) is 5.54 Å². The van der Waals surface area contributed by atoms with Gasteiger partial charge in [-0.25, -0.2) is 0 Å². The molecule has 0 amide bonds. The molecule has 0 bridgehead atoms. The first-order valence-electron chi connectivity index (χ1n) is 5.02. The second-order valence-electron chi connectivity index (χ2n) is 3.84. The van der Waals surface area contributed by atoms with Crippen molar-refractivity contribution in [1.82, 2.24) is 5.32 Å². The summed E-state index contributed by atoms with van der Waals surface area (Å²) in [5, 5.41) is 3.46. The van der Waals surface area contributed by atoms with Crippen LogP contribution >= 0.6 is 11.6 Å². The molecule has 1 aliphatic carbocycles. The molecule has 1 N–H and O–H groups in total. The van der Waals surface area contributed by atoms with Gasteiger partial charge in [-0.15, -0.1) is 0 Å². The summed E-state index contributed by atoms with van der Waals surface area (Å²) < 4.78 is 5.70. The standard InChI is InChI=1S/C10H16ClNO/c11-5-1-6-12-9-4-7-13-10(9)8-2-3-8/h1,5,8-10,12H,2-4,6-7H2/b5-1+. The third kappa shape index (κ3) is 2.46. The smallest absolute Gasteiger partial charge is 0.0757 e. The lowest BCUT2D eigenvalue weighted by Crippen LogP contribution is -2.37. The highest BCUT2D eigenvalue weighted by molar-refractivity contribution is 6.25. The molecule has 1 aliphatic heterocycles. The molecule has 3 heteroatoms. The van der Waals surface area contributed by atoms with E-state index >= 15 is 0 Å². The third-order valence-electron chi connectivity index (χ3n) is 2.81. The Hall–Kier alpha value is -0.0500. The summed E-state index contributed by atoms with van der Waals surface area (Å²) in [5.41, 5.74) is 1.56.